The molecule has 2 nitrogen and oxygen atoms in total. The molecule has 0 atom stereocenters. The van der Waals surface area contributed by atoms with E-state index in [1.165, 1.54) is 24.1 Å². The number of hydrogen-bond donors (Lipinski definition) is 1. The van der Waals surface area contributed by atoms with Gasteiger partial charge < -0.3 is 10.1 Å². The first kappa shape index (κ1) is 12.9. The number of benzene rings is 1. The van der Waals surface area contributed by atoms with Crippen molar-refractivity contribution in [2.24, 2.45) is 0 Å². The van der Waals surface area contributed by atoms with Crippen LogP contribution in [0.5, 0.6) is 5.75 Å². The van der Waals surface area contributed by atoms with E-state index in [4.69, 9.17) is 4.74 Å². The fourth-order valence-electron chi connectivity index (χ4n) is 1.87. The van der Waals surface area contributed by atoms with Gasteiger partial charge in [-0.1, -0.05) is 33.3 Å². The summed E-state index contributed by atoms with van der Waals surface area (Å²) in [5, 5.41) is 3.49. The molecular formula is C14H23NO. The van der Waals surface area contributed by atoms with Crippen LogP contribution in [0.4, 0.5) is 5.69 Å². The highest BCUT2D eigenvalue weighted by Gasteiger charge is 2.11. The van der Waals surface area contributed by atoms with Gasteiger partial charge in [0.25, 0.3) is 0 Å². The summed E-state index contributed by atoms with van der Waals surface area (Å²) in [7, 11) is 1.73. The molecule has 90 valence electrons. The van der Waals surface area contributed by atoms with Gasteiger partial charge in [0.1, 0.15) is 5.75 Å². The summed E-state index contributed by atoms with van der Waals surface area (Å²) in [4.78, 5) is 0. The Labute approximate surface area is 99.0 Å². The van der Waals surface area contributed by atoms with E-state index in [1.807, 2.05) is 12.1 Å². The summed E-state index contributed by atoms with van der Waals surface area (Å²) >= 11 is 0. The van der Waals surface area contributed by atoms with Crippen molar-refractivity contribution in [1.82, 2.24) is 0 Å². The Bertz CT molecular complexity index is 321. The van der Waals surface area contributed by atoms with Gasteiger partial charge >= 0.3 is 0 Å². The first-order chi connectivity index (χ1) is 7.70. The Morgan fingerprint density at radius 2 is 2.06 bits per heavy atom. The molecule has 0 amide bonds. The molecule has 1 aromatic rings. The van der Waals surface area contributed by atoms with Gasteiger partial charge in [-0.2, -0.15) is 0 Å². The lowest BCUT2D eigenvalue weighted by Gasteiger charge is -2.17. The predicted octanol–water partition coefficient (Wildman–Crippen LogP) is 4.03. The second-order valence-electron chi connectivity index (χ2n) is 4.36. The molecule has 2 heteroatoms. The minimum atomic E-state index is 0.472. The normalized spacial score (nSPS) is 10.6. The Morgan fingerprint density at radius 1 is 1.31 bits per heavy atom. The fraction of sp³-hybridized carbons (Fsp3) is 0.571. The Balaban J connectivity index is 2.89. The largest absolute Gasteiger partial charge is 0.496 e. The van der Waals surface area contributed by atoms with E-state index in [9.17, 15) is 0 Å². The third-order valence-corrected chi connectivity index (χ3v) is 2.71. The van der Waals surface area contributed by atoms with Crippen LogP contribution in [0.3, 0.4) is 0 Å². The monoisotopic (exact) mass is 221 g/mol. The molecule has 0 heterocycles. The van der Waals surface area contributed by atoms with Crippen LogP contribution >= 0.6 is 0 Å². The van der Waals surface area contributed by atoms with Crippen molar-refractivity contribution in [2.45, 2.75) is 39.5 Å². The molecule has 1 aromatic carbocycles. The van der Waals surface area contributed by atoms with Gasteiger partial charge in [0.05, 0.1) is 7.11 Å². The topological polar surface area (TPSA) is 21.3 Å². The highest BCUT2D eigenvalue weighted by molar-refractivity contribution is 5.59. The fourth-order valence-corrected chi connectivity index (χ4v) is 1.87. The Kier molecular flexibility index (Phi) is 5.17. The summed E-state index contributed by atoms with van der Waals surface area (Å²) in [6.45, 7) is 7.63. The zero-order valence-electron chi connectivity index (χ0n) is 10.8. The van der Waals surface area contributed by atoms with Crippen molar-refractivity contribution in [2.75, 3.05) is 19.0 Å². The lowest BCUT2D eigenvalue weighted by molar-refractivity contribution is 0.408. The van der Waals surface area contributed by atoms with Crippen molar-refractivity contribution < 1.29 is 4.74 Å². The van der Waals surface area contributed by atoms with Crippen LogP contribution in [0.15, 0.2) is 18.2 Å². The average Bonchev–Trinajstić information content (AvgIpc) is 2.28. The SMILES string of the molecule is CCCCNc1cccc(OC)c1C(C)C. The first-order valence-electron chi connectivity index (χ1n) is 6.11. The first-order valence-corrected chi connectivity index (χ1v) is 6.11. The van der Waals surface area contributed by atoms with Crippen LogP contribution in [-0.2, 0) is 0 Å². The molecule has 0 fully saturated rings. The summed E-state index contributed by atoms with van der Waals surface area (Å²) in [6.07, 6.45) is 2.42. The van der Waals surface area contributed by atoms with Crippen molar-refractivity contribution in [3.05, 3.63) is 23.8 Å². The quantitative estimate of drug-likeness (QED) is 0.732. The molecule has 0 unspecified atom stereocenters. The Hall–Kier alpha value is -1.18. The molecule has 0 spiro atoms. The average molecular weight is 221 g/mol. The van der Waals surface area contributed by atoms with E-state index >= 15 is 0 Å². The van der Waals surface area contributed by atoms with Gasteiger partial charge in [0, 0.05) is 17.8 Å². The van der Waals surface area contributed by atoms with Gasteiger partial charge in [-0.15, -0.1) is 0 Å². The van der Waals surface area contributed by atoms with Crippen molar-refractivity contribution in [3.63, 3.8) is 0 Å². The van der Waals surface area contributed by atoms with Gasteiger partial charge in [-0.05, 0) is 24.5 Å². The van der Waals surface area contributed by atoms with Crippen LogP contribution in [0.1, 0.15) is 45.1 Å². The van der Waals surface area contributed by atoms with Crippen molar-refractivity contribution in [1.29, 1.82) is 0 Å². The second kappa shape index (κ2) is 6.41. The summed E-state index contributed by atoms with van der Waals surface area (Å²) in [6, 6.07) is 6.20. The zero-order valence-corrected chi connectivity index (χ0v) is 10.8. The number of methoxy groups -OCH3 is 1. The maximum absolute atomic E-state index is 5.41. The molecule has 1 rings (SSSR count). The van der Waals surface area contributed by atoms with E-state index in [-0.39, 0.29) is 0 Å². The number of anilines is 1. The lowest BCUT2D eigenvalue weighted by atomic mass is 9.99. The minimum Gasteiger partial charge on any atom is -0.496 e. The molecule has 1 N–H and O–H groups in total. The van der Waals surface area contributed by atoms with Crippen molar-refractivity contribution >= 4 is 5.69 Å². The number of rotatable bonds is 6. The number of hydrogen-bond acceptors (Lipinski definition) is 2. The number of unbranched alkanes of at least 4 members (excludes halogenated alkanes) is 1. The Morgan fingerprint density at radius 3 is 2.62 bits per heavy atom. The van der Waals surface area contributed by atoms with E-state index in [1.54, 1.807) is 7.11 Å². The van der Waals surface area contributed by atoms with Gasteiger partial charge in [0.2, 0.25) is 0 Å². The van der Waals surface area contributed by atoms with Gasteiger partial charge in [0.15, 0.2) is 0 Å². The van der Waals surface area contributed by atoms with Gasteiger partial charge in [-0.3, -0.25) is 0 Å². The molecule has 0 radical (unpaired) electrons. The molecule has 0 aliphatic heterocycles. The molecule has 0 aromatic heterocycles. The minimum absolute atomic E-state index is 0.472. The highest BCUT2D eigenvalue weighted by Crippen LogP contribution is 2.33. The van der Waals surface area contributed by atoms with Crippen LogP contribution in [-0.4, -0.2) is 13.7 Å². The maximum Gasteiger partial charge on any atom is 0.124 e. The van der Waals surface area contributed by atoms with E-state index in [2.05, 4.69) is 32.2 Å². The standard InChI is InChI=1S/C14H23NO/c1-5-6-10-15-12-8-7-9-13(16-4)14(12)11(2)3/h7-9,11,15H,5-6,10H2,1-4H3. The van der Waals surface area contributed by atoms with Crippen LogP contribution in [0, 0.1) is 0 Å². The van der Waals surface area contributed by atoms with E-state index in [0.717, 1.165) is 12.3 Å². The number of nitrogens with one attached hydrogen (secondary N) is 1. The summed E-state index contributed by atoms with van der Waals surface area (Å²) in [5.41, 5.74) is 2.49. The molecule has 0 saturated heterocycles. The molecule has 0 bridgehead atoms. The third kappa shape index (κ3) is 3.16. The van der Waals surface area contributed by atoms with Crippen LogP contribution in [0.2, 0.25) is 0 Å². The summed E-state index contributed by atoms with van der Waals surface area (Å²) in [5.74, 6) is 1.46. The van der Waals surface area contributed by atoms with E-state index < -0.39 is 0 Å². The van der Waals surface area contributed by atoms with Crippen molar-refractivity contribution in [3.8, 4) is 5.75 Å². The summed E-state index contributed by atoms with van der Waals surface area (Å²) < 4.78 is 5.41. The molecule has 0 saturated carbocycles. The predicted molar refractivity (Wildman–Crippen MR) is 70.5 cm³/mol. The zero-order chi connectivity index (χ0) is 12.0. The number of ether oxygens (including phenoxy) is 1. The molecule has 0 aliphatic rings. The highest BCUT2D eigenvalue weighted by atomic mass is 16.5. The maximum atomic E-state index is 5.41. The smallest absolute Gasteiger partial charge is 0.124 e. The van der Waals surface area contributed by atoms with Crippen LogP contribution < -0.4 is 10.1 Å². The van der Waals surface area contributed by atoms with Gasteiger partial charge in [-0.25, -0.2) is 0 Å². The van der Waals surface area contributed by atoms with Crippen LogP contribution in [0.25, 0.3) is 0 Å². The van der Waals surface area contributed by atoms with E-state index in [0.29, 0.717) is 5.92 Å². The lowest BCUT2D eigenvalue weighted by Crippen LogP contribution is -2.06. The second-order valence-corrected chi connectivity index (χ2v) is 4.36. The third-order valence-electron chi connectivity index (χ3n) is 2.71. The molecule has 16 heavy (non-hydrogen) atoms. The molecular weight excluding hydrogens is 198 g/mol. The molecule has 0 aliphatic carbocycles.